The Balaban J connectivity index is 2.05. The van der Waals surface area contributed by atoms with Crippen molar-refractivity contribution < 1.29 is 19.4 Å². The van der Waals surface area contributed by atoms with Crippen molar-refractivity contribution in [1.82, 2.24) is 4.90 Å². The number of aliphatic carboxylic acids is 1. The number of carbonyl (C=O) groups excluding carboxylic acids is 1. The van der Waals surface area contributed by atoms with Crippen molar-refractivity contribution in [2.24, 2.45) is 0 Å². The SMILES string of the molecule is O=C(O)[C@H]1CCCCN1C(=O)Oc1ccccc1. The molecule has 1 aliphatic rings. The number of carboxylic acid groups (broad SMARTS) is 1. The van der Waals surface area contributed by atoms with Crippen LogP contribution in [0.1, 0.15) is 19.3 Å². The van der Waals surface area contributed by atoms with E-state index < -0.39 is 18.1 Å². The van der Waals surface area contributed by atoms with E-state index in [4.69, 9.17) is 9.84 Å². The molecule has 96 valence electrons. The normalized spacial score (nSPS) is 19.3. The molecule has 0 radical (unpaired) electrons. The molecule has 0 unspecified atom stereocenters. The monoisotopic (exact) mass is 249 g/mol. The summed E-state index contributed by atoms with van der Waals surface area (Å²) in [5.41, 5.74) is 0. The Hall–Kier alpha value is -2.04. The Morgan fingerprint density at radius 1 is 1.22 bits per heavy atom. The summed E-state index contributed by atoms with van der Waals surface area (Å²) in [6.07, 6.45) is 1.53. The second kappa shape index (κ2) is 5.53. The molecule has 1 fully saturated rings. The van der Waals surface area contributed by atoms with Crippen LogP contribution in [0.25, 0.3) is 0 Å². The van der Waals surface area contributed by atoms with Crippen LogP contribution in [-0.4, -0.2) is 34.7 Å². The van der Waals surface area contributed by atoms with Gasteiger partial charge < -0.3 is 9.84 Å². The molecule has 1 aromatic carbocycles. The van der Waals surface area contributed by atoms with Crippen LogP contribution in [0.5, 0.6) is 5.75 Å². The molecule has 1 atom stereocenters. The quantitative estimate of drug-likeness (QED) is 0.871. The number of carboxylic acids is 1. The molecule has 1 N–H and O–H groups in total. The van der Waals surface area contributed by atoms with Gasteiger partial charge in [-0.25, -0.2) is 9.59 Å². The summed E-state index contributed by atoms with van der Waals surface area (Å²) >= 11 is 0. The van der Waals surface area contributed by atoms with Gasteiger partial charge in [0.15, 0.2) is 0 Å². The fraction of sp³-hybridized carbons (Fsp3) is 0.385. The highest BCUT2D eigenvalue weighted by atomic mass is 16.6. The van der Waals surface area contributed by atoms with Crippen LogP contribution in [0.2, 0.25) is 0 Å². The highest BCUT2D eigenvalue weighted by molar-refractivity contribution is 5.81. The Labute approximate surface area is 105 Å². The molecule has 5 nitrogen and oxygen atoms in total. The molecule has 18 heavy (non-hydrogen) atoms. The van der Waals surface area contributed by atoms with Crippen LogP contribution in [0, 0.1) is 0 Å². The predicted molar refractivity (Wildman–Crippen MR) is 64.4 cm³/mol. The first-order chi connectivity index (χ1) is 8.68. The molecule has 1 saturated heterocycles. The van der Waals surface area contributed by atoms with Gasteiger partial charge in [0.05, 0.1) is 0 Å². The van der Waals surface area contributed by atoms with Crippen LogP contribution >= 0.6 is 0 Å². The molecule has 0 aromatic heterocycles. The maximum Gasteiger partial charge on any atom is 0.415 e. The van der Waals surface area contributed by atoms with E-state index in [0.717, 1.165) is 12.8 Å². The maximum atomic E-state index is 11.9. The van der Waals surface area contributed by atoms with Crippen LogP contribution in [0.3, 0.4) is 0 Å². The number of nitrogens with zero attached hydrogens (tertiary/aromatic N) is 1. The fourth-order valence-corrected chi connectivity index (χ4v) is 2.05. The van der Waals surface area contributed by atoms with E-state index in [2.05, 4.69) is 0 Å². The van der Waals surface area contributed by atoms with Gasteiger partial charge in [0, 0.05) is 6.54 Å². The van der Waals surface area contributed by atoms with Gasteiger partial charge >= 0.3 is 12.1 Å². The third-order valence-electron chi connectivity index (χ3n) is 2.97. The Morgan fingerprint density at radius 2 is 1.94 bits per heavy atom. The summed E-state index contributed by atoms with van der Waals surface area (Å²) in [5.74, 6) is -0.545. The number of amides is 1. The second-order valence-corrected chi connectivity index (χ2v) is 4.22. The molecule has 0 aliphatic carbocycles. The summed E-state index contributed by atoms with van der Waals surface area (Å²) in [7, 11) is 0. The van der Waals surface area contributed by atoms with E-state index >= 15 is 0 Å². The third kappa shape index (κ3) is 2.80. The summed E-state index contributed by atoms with van der Waals surface area (Å²) in [5, 5.41) is 9.07. The lowest BCUT2D eigenvalue weighted by atomic mass is 10.0. The van der Waals surface area contributed by atoms with E-state index in [9.17, 15) is 9.59 Å². The average molecular weight is 249 g/mol. The average Bonchev–Trinajstić information content (AvgIpc) is 2.40. The summed E-state index contributed by atoms with van der Waals surface area (Å²) < 4.78 is 5.16. The number of benzene rings is 1. The number of para-hydroxylation sites is 1. The summed E-state index contributed by atoms with van der Waals surface area (Å²) in [6.45, 7) is 0.433. The van der Waals surface area contributed by atoms with Gasteiger partial charge in [-0.3, -0.25) is 4.90 Å². The molecule has 0 saturated carbocycles. The van der Waals surface area contributed by atoms with Crippen molar-refractivity contribution in [1.29, 1.82) is 0 Å². The standard InChI is InChI=1S/C13H15NO4/c15-12(16)11-8-4-5-9-14(11)13(17)18-10-6-2-1-3-7-10/h1-3,6-7,11H,4-5,8-9H2,(H,15,16)/t11-/m1/s1. The number of likely N-dealkylation sites (tertiary alicyclic amines) is 1. The minimum atomic E-state index is -0.972. The first kappa shape index (κ1) is 12.4. The third-order valence-corrected chi connectivity index (χ3v) is 2.97. The largest absolute Gasteiger partial charge is 0.480 e. The topological polar surface area (TPSA) is 66.8 Å². The Kier molecular flexibility index (Phi) is 3.82. The molecule has 1 heterocycles. The van der Waals surface area contributed by atoms with E-state index in [1.165, 1.54) is 4.90 Å². The molecule has 1 aliphatic heterocycles. The van der Waals surface area contributed by atoms with Crippen LogP contribution in [-0.2, 0) is 4.79 Å². The van der Waals surface area contributed by atoms with Gasteiger partial charge in [0.2, 0.25) is 0 Å². The summed E-state index contributed by atoms with van der Waals surface area (Å²) in [4.78, 5) is 24.3. The molecule has 0 bridgehead atoms. The maximum absolute atomic E-state index is 11.9. The van der Waals surface area contributed by atoms with E-state index in [1.807, 2.05) is 6.07 Å². The minimum absolute atomic E-state index is 0.428. The van der Waals surface area contributed by atoms with Crippen LogP contribution < -0.4 is 4.74 Å². The zero-order chi connectivity index (χ0) is 13.0. The number of rotatable bonds is 2. The zero-order valence-electron chi connectivity index (χ0n) is 9.91. The highest BCUT2D eigenvalue weighted by Gasteiger charge is 2.33. The Morgan fingerprint density at radius 3 is 2.61 bits per heavy atom. The molecule has 0 spiro atoms. The Bertz CT molecular complexity index is 432. The lowest BCUT2D eigenvalue weighted by Gasteiger charge is -2.31. The smallest absolute Gasteiger partial charge is 0.415 e. The molecule has 5 heteroatoms. The van der Waals surface area contributed by atoms with Crippen molar-refractivity contribution in [3.8, 4) is 5.75 Å². The molecular formula is C13H15NO4. The lowest BCUT2D eigenvalue weighted by Crippen LogP contribution is -2.49. The number of piperidine rings is 1. The van der Waals surface area contributed by atoms with Crippen molar-refractivity contribution in [2.45, 2.75) is 25.3 Å². The van der Waals surface area contributed by atoms with Crippen LogP contribution in [0.15, 0.2) is 30.3 Å². The van der Waals surface area contributed by atoms with Gasteiger partial charge in [-0.1, -0.05) is 18.2 Å². The van der Waals surface area contributed by atoms with Gasteiger partial charge in [0.25, 0.3) is 0 Å². The summed E-state index contributed by atoms with van der Waals surface area (Å²) in [6, 6.07) is 7.89. The van der Waals surface area contributed by atoms with E-state index in [0.29, 0.717) is 18.7 Å². The zero-order valence-corrected chi connectivity index (χ0v) is 9.91. The van der Waals surface area contributed by atoms with Gasteiger partial charge in [-0.2, -0.15) is 0 Å². The van der Waals surface area contributed by atoms with Crippen molar-refractivity contribution >= 4 is 12.1 Å². The van der Waals surface area contributed by atoms with Crippen molar-refractivity contribution in [3.63, 3.8) is 0 Å². The van der Waals surface area contributed by atoms with Gasteiger partial charge in [0.1, 0.15) is 11.8 Å². The first-order valence-corrected chi connectivity index (χ1v) is 5.95. The second-order valence-electron chi connectivity index (χ2n) is 4.22. The molecule has 1 amide bonds. The molecule has 1 aromatic rings. The van der Waals surface area contributed by atoms with Crippen molar-refractivity contribution in [2.75, 3.05) is 6.54 Å². The highest BCUT2D eigenvalue weighted by Crippen LogP contribution is 2.19. The van der Waals surface area contributed by atoms with Gasteiger partial charge in [-0.05, 0) is 31.4 Å². The van der Waals surface area contributed by atoms with Gasteiger partial charge in [-0.15, -0.1) is 0 Å². The van der Waals surface area contributed by atoms with E-state index in [-0.39, 0.29) is 0 Å². The predicted octanol–water partition coefficient (Wildman–Crippen LogP) is 2.12. The number of ether oxygens (including phenoxy) is 1. The lowest BCUT2D eigenvalue weighted by molar-refractivity contribution is -0.143. The number of hydrogen-bond donors (Lipinski definition) is 1. The fourth-order valence-electron chi connectivity index (χ4n) is 2.05. The van der Waals surface area contributed by atoms with E-state index in [1.54, 1.807) is 24.3 Å². The first-order valence-electron chi connectivity index (χ1n) is 5.95. The van der Waals surface area contributed by atoms with Crippen molar-refractivity contribution in [3.05, 3.63) is 30.3 Å². The minimum Gasteiger partial charge on any atom is -0.480 e. The number of hydrogen-bond acceptors (Lipinski definition) is 3. The van der Waals surface area contributed by atoms with Crippen LogP contribution in [0.4, 0.5) is 4.79 Å². The number of carbonyl (C=O) groups is 2. The molecule has 2 rings (SSSR count). The molecular weight excluding hydrogens is 234 g/mol.